The molecule has 3 rings (SSSR count). The molecule has 1 heterocycles. The number of halogens is 1. The molecule has 2 aromatic rings. The van der Waals surface area contributed by atoms with E-state index in [1.165, 1.54) is 4.90 Å². The molecule has 156 valence electrons. The number of rotatable bonds is 4. The van der Waals surface area contributed by atoms with Gasteiger partial charge in [-0.05, 0) is 63.9 Å². The van der Waals surface area contributed by atoms with Crippen LogP contribution in [0.25, 0.3) is 0 Å². The van der Waals surface area contributed by atoms with Crippen molar-refractivity contribution in [2.75, 3.05) is 5.73 Å². The lowest BCUT2D eigenvalue weighted by Crippen LogP contribution is -2.59. The van der Waals surface area contributed by atoms with Crippen molar-refractivity contribution in [1.82, 2.24) is 4.90 Å². The molecule has 1 fully saturated rings. The minimum Gasteiger partial charge on any atom is -0.465 e. The van der Waals surface area contributed by atoms with Crippen LogP contribution in [0.2, 0.25) is 0 Å². The first-order chi connectivity index (χ1) is 13.6. The first kappa shape index (κ1) is 21.7. The molecule has 0 bridgehead atoms. The number of nitrogens with zero attached hydrogens (tertiary/aromatic N) is 1. The normalized spacial score (nSPS) is 23.2. The summed E-state index contributed by atoms with van der Waals surface area (Å²) in [6.45, 7) is 6.23. The fourth-order valence-electron chi connectivity index (χ4n) is 4.64. The van der Waals surface area contributed by atoms with Gasteiger partial charge in [0.25, 0.3) is 0 Å². The average Bonchev–Trinajstić information content (AvgIpc) is 3.05. The number of aliphatic hydroxyl groups excluding tert-OH is 1. The van der Waals surface area contributed by atoms with E-state index in [1.54, 1.807) is 0 Å². The Hall–Kier alpha value is -2.05. The molecule has 1 amide bonds. The summed E-state index contributed by atoms with van der Waals surface area (Å²) in [5, 5.41) is 21.3. The van der Waals surface area contributed by atoms with Gasteiger partial charge >= 0.3 is 6.09 Å². The van der Waals surface area contributed by atoms with E-state index in [1.807, 2.05) is 48.5 Å². The Morgan fingerprint density at radius 3 is 2.48 bits per heavy atom. The van der Waals surface area contributed by atoms with Gasteiger partial charge in [-0.25, -0.2) is 4.79 Å². The zero-order valence-corrected chi connectivity index (χ0v) is 18.7. The van der Waals surface area contributed by atoms with E-state index in [9.17, 15) is 15.0 Å². The van der Waals surface area contributed by atoms with Gasteiger partial charge < -0.3 is 15.9 Å². The minimum absolute atomic E-state index is 0.329. The van der Waals surface area contributed by atoms with Crippen LogP contribution in [0.5, 0.6) is 0 Å². The highest BCUT2D eigenvalue weighted by molar-refractivity contribution is 9.10. The topological polar surface area (TPSA) is 86.8 Å². The number of aliphatic hydroxyl groups is 1. The largest absolute Gasteiger partial charge is 0.465 e. The van der Waals surface area contributed by atoms with Crippen LogP contribution in [0.3, 0.4) is 0 Å². The van der Waals surface area contributed by atoms with Crippen LogP contribution in [0.15, 0.2) is 53.0 Å². The number of hydrogen-bond acceptors (Lipinski definition) is 3. The maximum Gasteiger partial charge on any atom is 0.408 e. The number of amides is 1. The van der Waals surface area contributed by atoms with Crippen molar-refractivity contribution in [1.29, 1.82) is 0 Å². The second kappa shape index (κ2) is 8.00. The molecule has 0 radical (unpaired) electrons. The number of benzene rings is 2. The summed E-state index contributed by atoms with van der Waals surface area (Å²) in [5.74, 6) is 0. The smallest absolute Gasteiger partial charge is 0.408 e. The van der Waals surface area contributed by atoms with Gasteiger partial charge in [-0.1, -0.05) is 57.2 Å². The van der Waals surface area contributed by atoms with Gasteiger partial charge in [0.05, 0.1) is 17.7 Å². The van der Waals surface area contributed by atoms with Crippen LogP contribution < -0.4 is 5.73 Å². The predicted molar refractivity (Wildman–Crippen MR) is 119 cm³/mol. The van der Waals surface area contributed by atoms with Crippen LogP contribution >= 0.6 is 15.9 Å². The molecule has 0 saturated carbocycles. The molecule has 0 aromatic heterocycles. The van der Waals surface area contributed by atoms with Gasteiger partial charge in [0, 0.05) is 10.2 Å². The van der Waals surface area contributed by atoms with Gasteiger partial charge in [0.2, 0.25) is 0 Å². The van der Waals surface area contributed by atoms with E-state index >= 15 is 0 Å². The fourth-order valence-corrected chi connectivity index (χ4v) is 5.07. The van der Waals surface area contributed by atoms with E-state index in [0.717, 1.165) is 15.6 Å². The number of hydrogen-bond donors (Lipinski definition) is 3. The maximum atomic E-state index is 12.5. The van der Waals surface area contributed by atoms with Gasteiger partial charge in [-0.15, -0.1) is 0 Å². The fraction of sp³-hybridized carbons (Fsp3) is 0.435. The van der Waals surface area contributed by atoms with Crippen LogP contribution in [-0.4, -0.2) is 32.8 Å². The zero-order valence-electron chi connectivity index (χ0n) is 17.1. The highest BCUT2D eigenvalue weighted by Crippen LogP contribution is 2.50. The molecule has 1 saturated heterocycles. The predicted octanol–water partition coefficient (Wildman–Crippen LogP) is 5.23. The Bertz CT molecular complexity index is 881. The Balaban J connectivity index is 2.03. The lowest BCUT2D eigenvalue weighted by Gasteiger charge is -2.49. The Labute approximate surface area is 180 Å². The third-order valence-electron chi connectivity index (χ3n) is 6.32. The van der Waals surface area contributed by atoms with Crippen molar-refractivity contribution < 1.29 is 15.0 Å². The number of likely N-dealkylation sites (tertiary alicyclic amines) is 1. The monoisotopic (exact) mass is 460 g/mol. The second-order valence-corrected chi connectivity index (χ2v) is 9.78. The summed E-state index contributed by atoms with van der Waals surface area (Å²) < 4.78 is 0.805. The van der Waals surface area contributed by atoms with E-state index in [4.69, 9.17) is 5.73 Å². The van der Waals surface area contributed by atoms with Crippen LogP contribution in [0.1, 0.15) is 50.8 Å². The van der Waals surface area contributed by atoms with Crippen molar-refractivity contribution in [3.8, 4) is 0 Å². The molecular weight excluding hydrogens is 432 g/mol. The maximum absolute atomic E-state index is 12.5. The average molecular weight is 461 g/mol. The minimum atomic E-state index is -0.994. The first-order valence-electron chi connectivity index (χ1n) is 9.86. The van der Waals surface area contributed by atoms with E-state index in [0.29, 0.717) is 24.9 Å². The van der Waals surface area contributed by atoms with Crippen molar-refractivity contribution in [3.05, 3.63) is 64.1 Å². The molecule has 4 N–H and O–H groups in total. The molecule has 0 spiro atoms. The SMILES string of the molecule is CC(C)(C)[C@@]1(Cc2ccc(N)c(Br)c2)CC[C@H]([C@H](O)c2ccccc2)N1C(=O)O. The van der Waals surface area contributed by atoms with Gasteiger partial charge in [0.15, 0.2) is 0 Å². The molecule has 6 heteroatoms. The standard InChI is InChI=1S/C23H29BrN2O3/c1-22(2,3)23(14-15-9-10-18(25)17(24)13-15)12-11-19(26(23)21(28)29)20(27)16-7-5-4-6-8-16/h4-10,13,19-20,27H,11-12,14,25H2,1-3H3,(H,28,29)/t19-,20-,23+/m1/s1. The molecular formula is C23H29BrN2O3. The third-order valence-corrected chi connectivity index (χ3v) is 7.00. The summed E-state index contributed by atoms with van der Waals surface area (Å²) in [7, 11) is 0. The Kier molecular flexibility index (Phi) is 5.97. The molecule has 2 aromatic carbocycles. The number of nitrogen functional groups attached to an aromatic ring is 1. The lowest BCUT2D eigenvalue weighted by molar-refractivity contribution is -0.0177. The summed E-state index contributed by atoms with van der Waals surface area (Å²) in [5.41, 5.74) is 7.37. The van der Waals surface area contributed by atoms with Crippen molar-refractivity contribution in [3.63, 3.8) is 0 Å². The van der Waals surface area contributed by atoms with Gasteiger partial charge in [0.1, 0.15) is 0 Å². The van der Waals surface area contributed by atoms with E-state index in [-0.39, 0.29) is 5.41 Å². The molecule has 1 aliphatic heterocycles. The third kappa shape index (κ3) is 4.01. The number of carboxylic acid groups (broad SMARTS) is 1. The van der Waals surface area contributed by atoms with Crippen molar-refractivity contribution in [2.24, 2.45) is 5.41 Å². The van der Waals surface area contributed by atoms with Crippen molar-refractivity contribution >= 4 is 27.7 Å². The summed E-state index contributed by atoms with van der Waals surface area (Å²) >= 11 is 3.48. The molecule has 29 heavy (non-hydrogen) atoms. The summed E-state index contributed by atoms with van der Waals surface area (Å²) in [4.78, 5) is 14.0. The first-order valence-corrected chi connectivity index (χ1v) is 10.7. The number of nitrogens with two attached hydrogens (primary N) is 1. The van der Waals surface area contributed by atoms with Crippen molar-refractivity contribution in [2.45, 2.75) is 57.7 Å². The summed E-state index contributed by atoms with van der Waals surface area (Å²) in [6, 6.07) is 14.6. The zero-order chi connectivity index (χ0) is 21.4. The number of anilines is 1. The molecule has 5 nitrogen and oxygen atoms in total. The Morgan fingerprint density at radius 2 is 1.93 bits per heavy atom. The van der Waals surface area contributed by atoms with E-state index in [2.05, 4.69) is 36.7 Å². The van der Waals surface area contributed by atoms with Crippen LogP contribution in [0.4, 0.5) is 10.5 Å². The molecule has 0 aliphatic carbocycles. The summed E-state index contributed by atoms with van der Waals surface area (Å²) in [6.07, 6.45) is -0.0176. The van der Waals surface area contributed by atoms with E-state index < -0.39 is 23.8 Å². The van der Waals surface area contributed by atoms with Gasteiger partial charge in [-0.2, -0.15) is 0 Å². The number of carbonyl (C=O) groups is 1. The van der Waals surface area contributed by atoms with Gasteiger partial charge in [-0.3, -0.25) is 4.90 Å². The second-order valence-electron chi connectivity index (χ2n) is 8.93. The highest BCUT2D eigenvalue weighted by Gasteiger charge is 2.56. The highest BCUT2D eigenvalue weighted by atomic mass is 79.9. The van der Waals surface area contributed by atoms with Crippen LogP contribution in [-0.2, 0) is 6.42 Å². The molecule has 0 unspecified atom stereocenters. The lowest BCUT2D eigenvalue weighted by atomic mass is 9.68. The van der Waals surface area contributed by atoms with Crippen LogP contribution in [0, 0.1) is 5.41 Å². The Morgan fingerprint density at radius 1 is 1.28 bits per heavy atom. The molecule has 3 atom stereocenters. The quantitative estimate of drug-likeness (QED) is 0.544. The molecule has 1 aliphatic rings.